The number of benzene rings is 2. The highest BCUT2D eigenvalue weighted by Crippen LogP contribution is 2.20. The number of halogens is 1. The number of amides is 2. The molecule has 0 spiro atoms. The van der Waals surface area contributed by atoms with E-state index in [1.54, 1.807) is 6.07 Å². The van der Waals surface area contributed by atoms with Crippen molar-refractivity contribution < 1.29 is 9.59 Å². The zero-order valence-electron chi connectivity index (χ0n) is 21.6. The van der Waals surface area contributed by atoms with E-state index in [0.717, 1.165) is 49.7 Å². The Bertz CT molecular complexity index is 1220. The summed E-state index contributed by atoms with van der Waals surface area (Å²) in [7, 11) is 0. The smallest absolute Gasteiger partial charge is 0.239 e. The number of hydrogen-bond acceptors (Lipinski definition) is 7. The molecule has 1 aromatic heterocycles. The van der Waals surface area contributed by atoms with Crippen LogP contribution in [0.2, 0.25) is 5.02 Å². The number of hydrogen-bond donors (Lipinski definition) is 3. The van der Waals surface area contributed by atoms with Gasteiger partial charge in [-0.1, -0.05) is 54.1 Å². The van der Waals surface area contributed by atoms with E-state index in [-0.39, 0.29) is 11.8 Å². The Hall–Kier alpha value is -3.53. The van der Waals surface area contributed by atoms with Gasteiger partial charge in [0.05, 0.1) is 6.54 Å². The van der Waals surface area contributed by atoms with Crippen LogP contribution in [-0.4, -0.2) is 77.4 Å². The predicted molar refractivity (Wildman–Crippen MR) is 151 cm³/mol. The van der Waals surface area contributed by atoms with E-state index >= 15 is 0 Å². The zero-order valence-corrected chi connectivity index (χ0v) is 22.4. The van der Waals surface area contributed by atoms with Gasteiger partial charge in [-0.05, 0) is 37.2 Å². The molecule has 1 aliphatic rings. The molecule has 2 heterocycles. The van der Waals surface area contributed by atoms with Crippen molar-refractivity contribution in [1.29, 1.82) is 0 Å². The zero-order chi connectivity index (χ0) is 26.7. The van der Waals surface area contributed by atoms with Crippen molar-refractivity contribution in [2.45, 2.75) is 19.9 Å². The average Bonchev–Trinajstić information content (AvgIpc) is 3.11. The maximum Gasteiger partial charge on any atom is 0.239 e. The molecule has 3 N–H and O–H groups in total. The van der Waals surface area contributed by atoms with Gasteiger partial charge < -0.3 is 16.0 Å². The van der Waals surface area contributed by atoms with Gasteiger partial charge in [-0.25, -0.2) is 9.97 Å². The Labute approximate surface area is 228 Å². The van der Waals surface area contributed by atoms with Gasteiger partial charge in [0, 0.05) is 56.3 Å². The molecule has 200 valence electrons. The van der Waals surface area contributed by atoms with E-state index in [2.05, 4.69) is 41.8 Å². The Morgan fingerprint density at radius 1 is 0.895 bits per heavy atom. The second kappa shape index (κ2) is 13.9. The summed E-state index contributed by atoms with van der Waals surface area (Å²) in [5.41, 5.74) is 2.05. The number of nitrogens with one attached hydrogen (secondary N) is 3. The summed E-state index contributed by atoms with van der Waals surface area (Å²) in [6.45, 7) is 7.11. The lowest BCUT2D eigenvalue weighted by molar-refractivity contribution is -0.119. The molecule has 1 fully saturated rings. The minimum absolute atomic E-state index is 0.0893. The van der Waals surface area contributed by atoms with Gasteiger partial charge in [0.25, 0.3) is 0 Å². The van der Waals surface area contributed by atoms with Crippen LogP contribution in [0.1, 0.15) is 18.9 Å². The van der Waals surface area contributed by atoms with Crippen LogP contribution in [0, 0.1) is 0 Å². The highest BCUT2D eigenvalue weighted by atomic mass is 35.5. The molecule has 0 aliphatic carbocycles. The second-order valence-corrected chi connectivity index (χ2v) is 9.76. The molecule has 0 bridgehead atoms. The van der Waals surface area contributed by atoms with Crippen molar-refractivity contribution >= 4 is 35.1 Å². The van der Waals surface area contributed by atoms with Gasteiger partial charge in [0.15, 0.2) is 5.82 Å². The number of rotatable bonds is 10. The summed E-state index contributed by atoms with van der Waals surface area (Å²) in [6, 6.07) is 19.3. The fraction of sp³-hybridized carbons (Fsp3) is 0.357. The van der Waals surface area contributed by atoms with Crippen LogP contribution < -0.4 is 16.0 Å². The van der Waals surface area contributed by atoms with Gasteiger partial charge in [-0.2, -0.15) is 0 Å². The van der Waals surface area contributed by atoms with Crippen molar-refractivity contribution in [2.75, 3.05) is 56.4 Å². The van der Waals surface area contributed by atoms with Crippen molar-refractivity contribution in [3.8, 4) is 11.4 Å². The summed E-state index contributed by atoms with van der Waals surface area (Å²) in [4.78, 5) is 37.9. The maximum atomic E-state index is 13.0. The fourth-order valence-corrected chi connectivity index (χ4v) is 4.58. The lowest BCUT2D eigenvalue weighted by Gasteiger charge is -2.21. The Morgan fingerprint density at radius 2 is 1.66 bits per heavy atom. The van der Waals surface area contributed by atoms with E-state index < -0.39 is 0 Å². The molecular formula is C28H34ClN7O2. The lowest BCUT2D eigenvalue weighted by Crippen LogP contribution is -2.36. The third-order valence-corrected chi connectivity index (χ3v) is 6.41. The van der Waals surface area contributed by atoms with Crippen LogP contribution in [0.15, 0.2) is 60.7 Å². The summed E-state index contributed by atoms with van der Waals surface area (Å²) < 4.78 is 0. The first-order valence-corrected chi connectivity index (χ1v) is 13.2. The highest BCUT2D eigenvalue weighted by Gasteiger charge is 2.18. The maximum absolute atomic E-state index is 13.0. The summed E-state index contributed by atoms with van der Waals surface area (Å²) >= 11 is 6.14. The first-order chi connectivity index (χ1) is 18.4. The normalized spacial score (nSPS) is 14.5. The average molecular weight is 536 g/mol. The first kappa shape index (κ1) is 27.5. The quantitative estimate of drug-likeness (QED) is 0.341. The van der Waals surface area contributed by atoms with Crippen LogP contribution in [0.4, 0.5) is 11.6 Å². The number of aromatic nitrogens is 2. The topological polar surface area (TPSA) is 102 Å². The highest BCUT2D eigenvalue weighted by molar-refractivity contribution is 6.30. The van der Waals surface area contributed by atoms with E-state index in [0.29, 0.717) is 37.1 Å². The molecule has 0 saturated carbocycles. The summed E-state index contributed by atoms with van der Waals surface area (Å²) in [6.07, 6.45) is 0.988. The molecule has 1 saturated heterocycles. The van der Waals surface area contributed by atoms with E-state index in [4.69, 9.17) is 11.6 Å². The minimum atomic E-state index is -0.116. The molecule has 3 aromatic rings. The van der Waals surface area contributed by atoms with E-state index in [1.807, 2.05) is 48.5 Å². The number of nitrogens with zero attached hydrogens (tertiary/aromatic N) is 4. The van der Waals surface area contributed by atoms with Crippen molar-refractivity contribution in [3.05, 3.63) is 71.2 Å². The Balaban J connectivity index is 1.35. The molecule has 0 radical (unpaired) electrons. The number of carbonyl (C=O) groups excluding carboxylic acids is 2. The van der Waals surface area contributed by atoms with Crippen LogP contribution in [0.3, 0.4) is 0 Å². The van der Waals surface area contributed by atoms with Gasteiger partial charge in [0.2, 0.25) is 11.8 Å². The van der Waals surface area contributed by atoms with Crippen molar-refractivity contribution in [3.63, 3.8) is 0 Å². The molecule has 2 aromatic carbocycles. The van der Waals surface area contributed by atoms with Gasteiger partial charge in [0.1, 0.15) is 11.6 Å². The fourth-order valence-electron chi connectivity index (χ4n) is 4.37. The molecule has 10 heteroatoms. The van der Waals surface area contributed by atoms with Gasteiger partial charge in [-0.15, -0.1) is 0 Å². The van der Waals surface area contributed by atoms with Crippen LogP contribution >= 0.6 is 11.6 Å². The SMILES string of the molecule is CC(=O)NCCNc1cc(NC(=O)CN2CCCN(Cc3cccc(Cl)c3)CC2)nc(-c2ccccc2)n1. The van der Waals surface area contributed by atoms with Crippen LogP contribution in [0.25, 0.3) is 11.4 Å². The summed E-state index contributed by atoms with van der Waals surface area (Å²) in [5, 5.41) is 9.66. The van der Waals surface area contributed by atoms with Gasteiger partial charge >= 0.3 is 0 Å². The molecule has 2 amide bonds. The lowest BCUT2D eigenvalue weighted by atomic mass is 10.2. The molecule has 0 atom stereocenters. The number of anilines is 2. The third kappa shape index (κ3) is 8.79. The molecule has 9 nitrogen and oxygen atoms in total. The molecular weight excluding hydrogens is 502 g/mol. The molecule has 0 unspecified atom stereocenters. The monoisotopic (exact) mass is 535 g/mol. The molecule has 4 rings (SSSR count). The van der Waals surface area contributed by atoms with Crippen molar-refractivity contribution in [2.24, 2.45) is 0 Å². The van der Waals surface area contributed by atoms with Crippen LogP contribution in [0.5, 0.6) is 0 Å². The number of carbonyl (C=O) groups is 2. The molecule has 1 aliphatic heterocycles. The van der Waals surface area contributed by atoms with Gasteiger partial charge in [-0.3, -0.25) is 19.4 Å². The van der Waals surface area contributed by atoms with Crippen LogP contribution in [-0.2, 0) is 16.1 Å². The minimum Gasteiger partial charge on any atom is -0.368 e. The molecule has 38 heavy (non-hydrogen) atoms. The standard InChI is InChI=1S/C28H34ClN7O2/c1-21(37)30-11-12-31-25-18-26(34-28(33-25)23-8-3-2-4-9-23)32-27(38)20-36-14-6-13-35(15-16-36)19-22-7-5-10-24(29)17-22/h2-5,7-10,17-18H,6,11-16,19-20H2,1H3,(H,30,37)(H2,31,32,33,34,38). The predicted octanol–water partition coefficient (Wildman–Crippen LogP) is 3.49. The largest absolute Gasteiger partial charge is 0.368 e. The Morgan fingerprint density at radius 3 is 2.45 bits per heavy atom. The third-order valence-electron chi connectivity index (χ3n) is 6.17. The Kier molecular flexibility index (Phi) is 10.0. The van der Waals surface area contributed by atoms with Crippen molar-refractivity contribution in [1.82, 2.24) is 25.1 Å². The summed E-state index contributed by atoms with van der Waals surface area (Å²) in [5.74, 6) is 1.31. The van der Waals surface area contributed by atoms with E-state index in [9.17, 15) is 9.59 Å². The second-order valence-electron chi connectivity index (χ2n) is 9.32. The first-order valence-electron chi connectivity index (χ1n) is 12.9. The van der Waals surface area contributed by atoms with E-state index in [1.165, 1.54) is 12.5 Å².